The van der Waals surface area contributed by atoms with Crippen LogP contribution < -0.4 is 5.32 Å². The second-order valence-corrected chi connectivity index (χ2v) is 9.96. The van der Waals surface area contributed by atoms with Crippen LogP contribution in [0.1, 0.15) is 36.7 Å². The molecule has 1 aliphatic heterocycles. The van der Waals surface area contributed by atoms with Gasteiger partial charge in [-0.25, -0.2) is 12.8 Å². The van der Waals surface area contributed by atoms with Crippen LogP contribution in [-0.2, 0) is 26.9 Å². The minimum Gasteiger partial charge on any atom is -0.392 e. The largest absolute Gasteiger partial charge is 0.392 e. The number of nitrogens with zero attached hydrogens (tertiary/aromatic N) is 3. The van der Waals surface area contributed by atoms with Gasteiger partial charge in [0.15, 0.2) is 15.7 Å². The van der Waals surface area contributed by atoms with Crippen molar-refractivity contribution in [2.75, 3.05) is 11.9 Å². The van der Waals surface area contributed by atoms with Gasteiger partial charge in [0.1, 0.15) is 11.6 Å². The van der Waals surface area contributed by atoms with Gasteiger partial charge in [-0.05, 0) is 48.4 Å². The molecule has 0 bridgehead atoms. The van der Waals surface area contributed by atoms with Crippen LogP contribution in [0, 0.1) is 5.82 Å². The van der Waals surface area contributed by atoms with Crippen molar-refractivity contribution >= 4 is 21.4 Å². The molecular weight excluding hydrogens is 451 g/mol. The van der Waals surface area contributed by atoms with Crippen LogP contribution in [0.4, 0.5) is 10.1 Å². The molecule has 2 unspecified atom stereocenters. The van der Waals surface area contributed by atoms with Crippen LogP contribution in [0.5, 0.6) is 0 Å². The highest BCUT2D eigenvalue weighted by Crippen LogP contribution is 2.33. The molecule has 3 aromatic rings. The molecule has 33 heavy (non-hydrogen) atoms. The zero-order valence-electron chi connectivity index (χ0n) is 17.8. The number of hydrogen-bond donors (Lipinski definition) is 2. The fourth-order valence-corrected chi connectivity index (χ4v) is 4.97. The molecule has 2 atom stereocenters. The lowest BCUT2D eigenvalue weighted by atomic mass is 10.1. The Morgan fingerprint density at radius 1 is 1.21 bits per heavy atom. The van der Waals surface area contributed by atoms with E-state index >= 15 is 0 Å². The van der Waals surface area contributed by atoms with Crippen LogP contribution in [-0.4, -0.2) is 47.1 Å². The second kappa shape index (κ2) is 9.38. The van der Waals surface area contributed by atoms with E-state index < -0.39 is 27.5 Å². The summed E-state index contributed by atoms with van der Waals surface area (Å²) in [7, 11) is -3.77. The topological polar surface area (TPSA) is 126 Å². The van der Waals surface area contributed by atoms with Crippen molar-refractivity contribution in [3.63, 3.8) is 0 Å². The van der Waals surface area contributed by atoms with E-state index in [4.69, 9.17) is 4.52 Å². The SMILES string of the molecule is CC(=O)Nc1ccc(CN2CC(O)CC2c2nc(CS(=O)(=O)c3ccc(F)cc3)no2)cc1. The van der Waals surface area contributed by atoms with E-state index in [0.29, 0.717) is 25.2 Å². The number of sulfone groups is 1. The Hall–Kier alpha value is -3.15. The van der Waals surface area contributed by atoms with E-state index in [1.165, 1.54) is 19.1 Å². The van der Waals surface area contributed by atoms with Gasteiger partial charge in [-0.2, -0.15) is 4.98 Å². The van der Waals surface area contributed by atoms with E-state index in [-0.39, 0.29) is 28.6 Å². The summed E-state index contributed by atoms with van der Waals surface area (Å²) in [5, 5.41) is 16.7. The average molecular weight is 475 g/mol. The standard InChI is InChI=1S/C22H23FN4O5S/c1-14(28)24-17-6-2-15(3-7-17)11-27-12-18(29)10-20(27)22-25-21(26-32-22)13-33(30,31)19-8-4-16(23)5-9-19/h2-9,18,20,29H,10-13H2,1H3,(H,24,28). The number of β-amino-alcohol motifs (C(OH)–C–C–N with tert-alkyl or cyclic N) is 1. The Bertz CT molecular complexity index is 1230. The van der Waals surface area contributed by atoms with E-state index in [0.717, 1.165) is 17.7 Å². The summed E-state index contributed by atoms with van der Waals surface area (Å²) in [5.74, 6) is -0.942. The number of carbonyl (C=O) groups is 1. The first kappa shape index (κ1) is 23.0. The zero-order valence-corrected chi connectivity index (χ0v) is 18.6. The lowest BCUT2D eigenvalue weighted by molar-refractivity contribution is -0.114. The Kier molecular flexibility index (Phi) is 6.54. The van der Waals surface area contributed by atoms with Gasteiger partial charge in [-0.1, -0.05) is 17.3 Å². The van der Waals surface area contributed by atoms with Gasteiger partial charge in [0.2, 0.25) is 11.8 Å². The van der Waals surface area contributed by atoms with Crippen LogP contribution in [0.15, 0.2) is 57.9 Å². The third kappa shape index (κ3) is 5.62. The number of likely N-dealkylation sites (tertiary alicyclic amines) is 1. The summed E-state index contributed by atoms with van der Waals surface area (Å²) < 4.78 is 43.6. The van der Waals surface area contributed by atoms with Gasteiger partial charge in [0, 0.05) is 25.7 Å². The molecule has 2 N–H and O–H groups in total. The molecule has 1 aromatic heterocycles. The van der Waals surface area contributed by atoms with Crippen LogP contribution >= 0.6 is 0 Å². The van der Waals surface area contributed by atoms with Crippen molar-refractivity contribution in [1.29, 1.82) is 0 Å². The average Bonchev–Trinajstić information content (AvgIpc) is 3.35. The van der Waals surface area contributed by atoms with Crippen molar-refractivity contribution < 1.29 is 27.2 Å². The minimum atomic E-state index is -3.77. The van der Waals surface area contributed by atoms with Crippen molar-refractivity contribution in [2.24, 2.45) is 0 Å². The molecule has 9 nitrogen and oxygen atoms in total. The quantitative estimate of drug-likeness (QED) is 0.500. The minimum absolute atomic E-state index is 0.00433. The summed E-state index contributed by atoms with van der Waals surface area (Å²) in [5.41, 5.74) is 1.65. The molecule has 2 aromatic carbocycles. The molecular formula is C22H23FN4O5S. The molecule has 174 valence electrons. The summed E-state index contributed by atoms with van der Waals surface area (Å²) in [6, 6.07) is 11.5. The van der Waals surface area contributed by atoms with Gasteiger partial charge in [0.25, 0.3) is 0 Å². The molecule has 1 amide bonds. The maximum atomic E-state index is 13.1. The van der Waals surface area contributed by atoms with Crippen molar-refractivity contribution in [3.05, 3.63) is 71.6 Å². The molecule has 2 heterocycles. The van der Waals surface area contributed by atoms with Crippen molar-refractivity contribution in [3.8, 4) is 0 Å². The lowest BCUT2D eigenvalue weighted by Gasteiger charge is -2.21. The number of halogens is 1. The monoisotopic (exact) mass is 474 g/mol. The lowest BCUT2D eigenvalue weighted by Crippen LogP contribution is -2.24. The normalized spacial score (nSPS) is 19.0. The summed E-state index contributed by atoms with van der Waals surface area (Å²) in [6.45, 7) is 2.32. The fourth-order valence-electron chi connectivity index (χ4n) is 3.80. The van der Waals surface area contributed by atoms with Crippen LogP contribution in [0.3, 0.4) is 0 Å². The first-order valence-corrected chi connectivity index (χ1v) is 11.9. The molecule has 0 radical (unpaired) electrons. The number of benzene rings is 2. The number of anilines is 1. The molecule has 11 heteroatoms. The van der Waals surface area contributed by atoms with Gasteiger partial charge in [0.05, 0.1) is 17.0 Å². The molecule has 1 fully saturated rings. The molecule has 0 spiro atoms. The first-order valence-electron chi connectivity index (χ1n) is 10.3. The summed E-state index contributed by atoms with van der Waals surface area (Å²) >= 11 is 0. The first-order chi connectivity index (χ1) is 15.7. The summed E-state index contributed by atoms with van der Waals surface area (Å²) in [6.07, 6.45) is -0.219. The molecule has 0 saturated carbocycles. The maximum Gasteiger partial charge on any atom is 0.244 e. The number of nitrogens with one attached hydrogen (secondary N) is 1. The second-order valence-electron chi connectivity index (χ2n) is 7.97. The predicted molar refractivity (Wildman–Crippen MR) is 116 cm³/mol. The smallest absolute Gasteiger partial charge is 0.244 e. The molecule has 1 saturated heterocycles. The third-order valence-corrected chi connectivity index (χ3v) is 6.93. The molecule has 4 rings (SSSR count). The van der Waals surface area contributed by atoms with E-state index in [2.05, 4.69) is 15.5 Å². The molecule has 0 aliphatic carbocycles. The van der Waals surface area contributed by atoms with Crippen molar-refractivity contribution in [2.45, 2.75) is 42.7 Å². The summed E-state index contributed by atoms with van der Waals surface area (Å²) in [4.78, 5) is 17.4. The highest BCUT2D eigenvalue weighted by atomic mass is 32.2. The number of rotatable bonds is 7. The Morgan fingerprint density at radius 3 is 2.58 bits per heavy atom. The van der Waals surface area contributed by atoms with Crippen molar-refractivity contribution in [1.82, 2.24) is 15.0 Å². The van der Waals surface area contributed by atoms with E-state index in [9.17, 15) is 22.7 Å². The zero-order chi connectivity index (χ0) is 23.6. The number of aliphatic hydroxyl groups excluding tert-OH is 1. The number of aromatic nitrogens is 2. The van der Waals surface area contributed by atoms with Gasteiger partial charge < -0.3 is 14.9 Å². The van der Waals surface area contributed by atoms with Crippen LogP contribution in [0.25, 0.3) is 0 Å². The third-order valence-electron chi connectivity index (χ3n) is 5.30. The highest BCUT2D eigenvalue weighted by molar-refractivity contribution is 7.90. The van der Waals surface area contributed by atoms with Gasteiger partial charge >= 0.3 is 0 Å². The van der Waals surface area contributed by atoms with Gasteiger partial charge in [-0.15, -0.1) is 0 Å². The Balaban J connectivity index is 1.46. The molecule has 1 aliphatic rings. The number of aliphatic hydroxyl groups is 1. The number of hydrogen-bond acceptors (Lipinski definition) is 8. The number of amides is 1. The maximum absolute atomic E-state index is 13.1. The Labute approximate surface area is 190 Å². The van der Waals surface area contributed by atoms with E-state index in [1.54, 1.807) is 12.1 Å². The predicted octanol–water partition coefficient (Wildman–Crippen LogP) is 2.45. The Morgan fingerprint density at radius 2 is 1.91 bits per heavy atom. The van der Waals surface area contributed by atoms with Crippen LogP contribution in [0.2, 0.25) is 0 Å². The fraction of sp³-hybridized carbons (Fsp3) is 0.318. The van der Waals surface area contributed by atoms with E-state index in [1.807, 2.05) is 17.0 Å². The number of carbonyl (C=O) groups excluding carboxylic acids is 1. The van der Waals surface area contributed by atoms with Gasteiger partial charge in [-0.3, -0.25) is 9.69 Å². The highest BCUT2D eigenvalue weighted by Gasteiger charge is 2.36.